The zero-order valence-electron chi connectivity index (χ0n) is 12.1. The molecular weight excluding hydrogens is 244 g/mol. The molecule has 110 valence electrons. The Balaban J connectivity index is 2.29. The Hall–Kier alpha value is -0.450. The van der Waals surface area contributed by atoms with Crippen LogP contribution in [0.4, 0.5) is 0 Å². The highest BCUT2D eigenvalue weighted by atomic mass is 16.3. The summed E-state index contributed by atoms with van der Waals surface area (Å²) in [5, 5.41) is 30.7. The van der Waals surface area contributed by atoms with Crippen molar-refractivity contribution in [1.29, 1.82) is 0 Å². The molecule has 4 nitrogen and oxygen atoms in total. The maximum atomic E-state index is 11.8. The van der Waals surface area contributed by atoms with Gasteiger partial charge in [0.2, 0.25) is 0 Å². The predicted octanol–water partition coefficient (Wildman–Crippen LogP) is 1.27. The van der Waals surface area contributed by atoms with Gasteiger partial charge in [-0.3, -0.25) is 4.79 Å². The van der Waals surface area contributed by atoms with E-state index in [1.54, 1.807) is 13.8 Å². The predicted molar refractivity (Wildman–Crippen MR) is 71.5 cm³/mol. The zero-order chi connectivity index (χ0) is 14.5. The number of ketones is 1. The first-order chi connectivity index (χ1) is 8.66. The van der Waals surface area contributed by atoms with Crippen molar-refractivity contribution in [2.45, 2.75) is 64.1 Å². The topological polar surface area (TPSA) is 77.8 Å². The molecule has 0 aromatic heterocycles. The summed E-state index contributed by atoms with van der Waals surface area (Å²) in [5.41, 5.74) is -2.44. The summed E-state index contributed by atoms with van der Waals surface area (Å²) in [4.78, 5) is 11.8. The van der Waals surface area contributed by atoms with Gasteiger partial charge < -0.3 is 15.3 Å². The highest BCUT2D eigenvalue weighted by molar-refractivity contribution is 5.80. The summed E-state index contributed by atoms with van der Waals surface area (Å²) < 4.78 is 0. The van der Waals surface area contributed by atoms with E-state index in [0.29, 0.717) is 6.42 Å². The molecule has 2 aliphatic rings. The molecule has 2 rings (SSSR count). The lowest BCUT2D eigenvalue weighted by Crippen LogP contribution is -2.56. The molecular formula is C15H26O4. The Morgan fingerprint density at radius 1 is 1.37 bits per heavy atom. The van der Waals surface area contributed by atoms with Crippen LogP contribution in [-0.4, -0.2) is 38.9 Å². The minimum Gasteiger partial charge on any atom is -0.393 e. The van der Waals surface area contributed by atoms with Gasteiger partial charge in [0.05, 0.1) is 17.8 Å². The van der Waals surface area contributed by atoms with Crippen LogP contribution in [0.3, 0.4) is 0 Å². The summed E-state index contributed by atoms with van der Waals surface area (Å²) in [6, 6.07) is 0. The van der Waals surface area contributed by atoms with Crippen LogP contribution in [0.5, 0.6) is 0 Å². The first-order valence-electron chi connectivity index (χ1n) is 7.22. The van der Waals surface area contributed by atoms with E-state index in [4.69, 9.17) is 0 Å². The van der Waals surface area contributed by atoms with Crippen LogP contribution in [0.1, 0.15) is 52.9 Å². The van der Waals surface area contributed by atoms with Crippen molar-refractivity contribution in [3.63, 3.8) is 0 Å². The van der Waals surface area contributed by atoms with Gasteiger partial charge in [-0.2, -0.15) is 0 Å². The summed E-state index contributed by atoms with van der Waals surface area (Å²) >= 11 is 0. The summed E-state index contributed by atoms with van der Waals surface area (Å²) in [7, 11) is 0. The maximum absolute atomic E-state index is 11.8. The third-order valence-corrected chi connectivity index (χ3v) is 5.90. The number of Topliss-reactive ketones (excluding diaryl/α,β-unsaturated/α-hetero) is 1. The van der Waals surface area contributed by atoms with E-state index in [9.17, 15) is 20.1 Å². The highest BCUT2D eigenvalue weighted by Gasteiger charge is 2.61. The van der Waals surface area contributed by atoms with Gasteiger partial charge in [0.15, 0.2) is 0 Å². The maximum Gasteiger partial charge on any atom is 0.135 e. The largest absolute Gasteiger partial charge is 0.393 e. The molecule has 0 aromatic rings. The first-order valence-corrected chi connectivity index (χ1v) is 7.22. The fraction of sp³-hybridized carbons (Fsp3) is 0.933. The average molecular weight is 270 g/mol. The van der Waals surface area contributed by atoms with E-state index in [0.717, 1.165) is 25.7 Å². The van der Waals surface area contributed by atoms with Crippen molar-refractivity contribution < 1.29 is 20.1 Å². The third kappa shape index (κ3) is 2.14. The van der Waals surface area contributed by atoms with Crippen molar-refractivity contribution in [1.82, 2.24) is 0 Å². The van der Waals surface area contributed by atoms with Crippen molar-refractivity contribution in [2.24, 2.45) is 17.3 Å². The molecule has 0 bridgehead atoms. The normalized spacial score (nSPS) is 45.6. The Bertz CT molecular complexity index is 378. The number of hydrogen-bond acceptors (Lipinski definition) is 4. The fourth-order valence-electron chi connectivity index (χ4n) is 4.24. The van der Waals surface area contributed by atoms with Crippen molar-refractivity contribution in [3.8, 4) is 0 Å². The summed E-state index contributed by atoms with van der Waals surface area (Å²) in [6.45, 7) is 4.90. The van der Waals surface area contributed by atoms with Crippen LogP contribution in [0, 0.1) is 17.3 Å². The number of carbonyl (C=O) groups excluding carboxylic acids is 1. The minimum atomic E-state index is -1.18. The second kappa shape index (κ2) is 4.54. The van der Waals surface area contributed by atoms with E-state index in [2.05, 4.69) is 6.92 Å². The molecule has 2 aliphatic carbocycles. The quantitative estimate of drug-likeness (QED) is 0.721. The number of rotatable bonds is 3. The van der Waals surface area contributed by atoms with Gasteiger partial charge in [0.25, 0.3) is 0 Å². The molecule has 4 heteroatoms. The van der Waals surface area contributed by atoms with E-state index in [1.807, 2.05) is 0 Å². The Morgan fingerprint density at radius 3 is 2.47 bits per heavy atom. The Labute approximate surface area is 114 Å². The second-order valence-corrected chi connectivity index (χ2v) is 7.14. The molecule has 2 fully saturated rings. The average Bonchev–Trinajstić information content (AvgIpc) is 2.60. The number of aliphatic hydroxyl groups is 3. The molecule has 5 atom stereocenters. The Kier molecular flexibility index (Phi) is 3.57. The molecule has 3 N–H and O–H groups in total. The molecule has 0 amide bonds. The van der Waals surface area contributed by atoms with Gasteiger partial charge >= 0.3 is 0 Å². The van der Waals surface area contributed by atoms with Crippen LogP contribution in [0.2, 0.25) is 0 Å². The van der Waals surface area contributed by atoms with Crippen LogP contribution in [0.15, 0.2) is 0 Å². The van der Waals surface area contributed by atoms with Crippen molar-refractivity contribution >= 4 is 5.78 Å². The number of fused-ring (bicyclic) bond motifs is 1. The molecule has 19 heavy (non-hydrogen) atoms. The van der Waals surface area contributed by atoms with Crippen LogP contribution in [0.25, 0.3) is 0 Å². The van der Waals surface area contributed by atoms with Gasteiger partial charge in [0, 0.05) is 5.92 Å². The number of carbonyl (C=O) groups is 1. The first kappa shape index (κ1) is 14.9. The summed E-state index contributed by atoms with van der Waals surface area (Å²) in [5.74, 6) is -0.444. The van der Waals surface area contributed by atoms with Gasteiger partial charge in [-0.1, -0.05) is 6.92 Å². The van der Waals surface area contributed by atoms with E-state index >= 15 is 0 Å². The monoisotopic (exact) mass is 270 g/mol. The smallest absolute Gasteiger partial charge is 0.135 e. The van der Waals surface area contributed by atoms with Gasteiger partial charge in [-0.25, -0.2) is 0 Å². The van der Waals surface area contributed by atoms with Crippen molar-refractivity contribution in [3.05, 3.63) is 0 Å². The molecule has 0 heterocycles. The van der Waals surface area contributed by atoms with Crippen LogP contribution >= 0.6 is 0 Å². The molecule has 0 saturated heterocycles. The third-order valence-electron chi connectivity index (χ3n) is 5.90. The van der Waals surface area contributed by atoms with E-state index < -0.39 is 11.2 Å². The van der Waals surface area contributed by atoms with Crippen LogP contribution < -0.4 is 0 Å². The zero-order valence-corrected chi connectivity index (χ0v) is 12.1. The fourth-order valence-corrected chi connectivity index (χ4v) is 4.24. The molecule has 0 unspecified atom stereocenters. The molecule has 2 saturated carbocycles. The lowest BCUT2D eigenvalue weighted by atomic mass is 9.58. The minimum absolute atomic E-state index is 0.0375. The molecule has 0 aliphatic heterocycles. The van der Waals surface area contributed by atoms with Gasteiger partial charge in [-0.15, -0.1) is 0 Å². The molecule has 0 radical (unpaired) electrons. The van der Waals surface area contributed by atoms with E-state index in [1.165, 1.54) is 0 Å². The SMILES string of the molecule is CC(=O)[C@H]1CC[C@]2(C)CC[C@@H]([C@](C)(O)CO)C[C@]12O. The van der Waals surface area contributed by atoms with Gasteiger partial charge in [0.1, 0.15) is 5.78 Å². The lowest BCUT2D eigenvalue weighted by Gasteiger charge is -2.51. The summed E-state index contributed by atoms with van der Waals surface area (Å²) in [6.07, 6.45) is 3.59. The second-order valence-electron chi connectivity index (χ2n) is 7.14. The number of aliphatic hydroxyl groups excluding tert-OH is 1. The van der Waals surface area contributed by atoms with Gasteiger partial charge in [-0.05, 0) is 57.3 Å². The van der Waals surface area contributed by atoms with Crippen molar-refractivity contribution in [2.75, 3.05) is 6.61 Å². The lowest BCUT2D eigenvalue weighted by molar-refractivity contribution is -0.169. The Morgan fingerprint density at radius 2 is 1.95 bits per heavy atom. The number of hydrogen-bond donors (Lipinski definition) is 3. The molecule has 0 spiro atoms. The molecule has 0 aromatic carbocycles. The van der Waals surface area contributed by atoms with E-state index in [-0.39, 0.29) is 29.6 Å². The highest BCUT2D eigenvalue weighted by Crippen LogP contribution is 2.60. The standard InChI is InChI=1S/C15H26O4/c1-10(17)12-5-7-13(2)6-4-11(8-15(12,13)19)14(3,18)9-16/h11-12,16,18-19H,4-9H2,1-3H3/t11-,12-,13+,14-,15+/m1/s1. The van der Waals surface area contributed by atoms with Crippen LogP contribution in [-0.2, 0) is 4.79 Å².